The molecule has 0 spiro atoms. The number of nitrogens with one attached hydrogen (secondary N) is 1. The third-order valence-corrected chi connectivity index (χ3v) is 9.34. The van der Waals surface area contributed by atoms with E-state index in [0.29, 0.717) is 48.6 Å². The fraction of sp³-hybridized carbons (Fsp3) is 0.500. The molecule has 2 aromatic heterocycles. The van der Waals surface area contributed by atoms with Crippen molar-refractivity contribution in [3.8, 4) is 17.1 Å². The van der Waals surface area contributed by atoms with Gasteiger partial charge in [0.2, 0.25) is 10.0 Å². The number of rotatable bonds is 9. The monoisotopic (exact) mass is 583 g/mol. The van der Waals surface area contributed by atoms with Gasteiger partial charge in [-0.25, -0.2) is 17.8 Å². The summed E-state index contributed by atoms with van der Waals surface area (Å²) in [5.41, 5.74) is 2.03. The van der Waals surface area contributed by atoms with Gasteiger partial charge in [0.1, 0.15) is 29.3 Å². The summed E-state index contributed by atoms with van der Waals surface area (Å²) in [4.78, 5) is 22.7. The summed E-state index contributed by atoms with van der Waals surface area (Å²) in [6, 6.07) is 4.62. The van der Waals surface area contributed by atoms with Gasteiger partial charge < -0.3 is 14.3 Å². The van der Waals surface area contributed by atoms with E-state index in [1.165, 1.54) is 16.4 Å². The molecule has 0 aliphatic carbocycles. The van der Waals surface area contributed by atoms with E-state index in [9.17, 15) is 17.6 Å². The van der Waals surface area contributed by atoms with Crippen molar-refractivity contribution in [1.29, 1.82) is 0 Å². The van der Waals surface area contributed by atoms with Crippen LogP contribution in [0.1, 0.15) is 25.8 Å². The SMILES string of the molecule is CCCc1c(Br)n(C)c2c(=O)[nH]c(-c3cc(S(=O)(=O)N4CCN(CCF)CC4)ccc3OCC)nc12. The number of hydrogen-bond donors (Lipinski definition) is 1. The lowest BCUT2D eigenvalue weighted by Gasteiger charge is -2.33. The zero-order chi connectivity index (χ0) is 26.0. The number of hydrogen-bond acceptors (Lipinski definition) is 6. The number of sulfonamides is 1. The summed E-state index contributed by atoms with van der Waals surface area (Å²) in [6.45, 7) is 5.61. The van der Waals surface area contributed by atoms with Gasteiger partial charge in [-0.2, -0.15) is 4.31 Å². The normalized spacial score (nSPS) is 15.6. The highest BCUT2D eigenvalue weighted by molar-refractivity contribution is 9.10. The fourth-order valence-electron chi connectivity index (χ4n) is 4.58. The molecular formula is C24H31BrFN5O4S. The summed E-state index contributed by atoms with van der Waals surface area (Å²) >= 11 is 3.58. The summed E-state index contributed by atoms with van der Waals surface area (Å²) in [7, 11) is -2.01. The topological polar surface area (TPSA) is 101 Å². The maximum absolute atomic E-state index is 13.5. The van der Waals surface area contributed by atoms with Crippen LogP contribution >= 0.6 is 15.9 Å². The molecule has 0 saturated carbocycles. The van der Waals surface area contributed by atoms with Crippen molar-refractivity contribution >= 4 is 37.0 Å². The van der Waals surface area contributed by atoms with Crippen LogP contribution in [-0.4, -0.2) is 78.2 Å². The quantitative estimate of drug-likeness (QED) is 0.415. The Morgan fingerprint density at radius 1 is 1.19 bits per heavy atom. The van der Waals surface area contributed by atoms with Gasteiger partial charge in [0.15, 0.2) is 0 Å². The van der Waals surface area contributed by atoms with Crippen LogP contribution in [0.5, 0.6) is 5.75 Å². The average molecular weight is 585 g/mol. The minimum Gasteiger partial charge on any atom is -0.493 e. The zero-order valence-corrected chi connectivity index (χ0v) is 23.1. The second kappa shape index (κ2) is 11.0. The van der Waals surface area contributed by atoms with Crippen LogP contribution in [0.25, 0.3) is 22.4 Å². The van der Waals surface area contributed by atoms with Gasteiger partial charge in [-0.15, -0.1) is 0 Å². The highest BCUT2D eigenvalue weighted by Gasteiger charge is 2.29. The van der Waals surface area contributed by atoms with Crippen LogP contribution in [0.15, 0.2) is 32.5 Å². The molecule has 0 bridgehead atoms. The maximum atomic E-state index is 13.5. The van der Waals surface area contributed by atoms with Crippen molar-refractivity contribution in [2.45, 2.75) is 31.6 Å². The van der Waals surface area contributed by atoms with E-state index in [0.717, 1.165) is 23.0 Å². The first-order chi connectivity index (χ1) is 17.2. The van der Waals surface area contributed by atoms with Crippen LogP contribution in [-0.2, 0) is 23.5 Å². The van der Waals surface area contributed by atoms with Crippen LogP contribution in [0.2, 0.25) is 0 Å². The van der Waals surface area contributed by atoms with Crippen molar-refractivity contribution in [2.24, 2.45) is 7.05 Å². The lowest BCUT2D eigenvalue weighted by molar-refractivity contribution is 0.177. The summed E-state index contributed by atoms with van der Waals surface area (Å²) in [6.07, 6.45) is 1.60. The molecule has 196 valence electrons. The molecular weight excluding hydrogens is 553 g/mol. The molecule has 0 amide bonds. The number of nitrogens with zero attached hydrogens (tertiary/aromatic N) is 4. The summed E-state index contributed by atoms with van der Waals surface area (Å²) < 4.78 is 49.3. The van der Waals surface area contributed by atoms with Crippen LogP contribution < -0.4 is 10.3 Å². The van der Waals surface area contributed by atoms with Gasteiger partial charge in [0.05, 0.1) is 21.7 Å². The number of fused-ring (bicyclic) bond motifs is 1. The van der Waals surface area contributed by atoms with E-state index in [1.54, 1.807) is 17.7 Å². The zero-order valence-electron chi connectivity index (χ0n) is 20.7. The summed E-state index contributed by atoms with van der Waals surface area (Å²) in [5, 5.41) is 0. The summed E-state index contributed by atoms with van der Waals surface area (Å²) in [5.74, 6) is 0.676. The van der Waals surface area contributed by atoms with E-state index in [4.69, 9.17) is 9.72 Å². The van der Waals surface area contributed by atoms with Gasteiger partial charge in [-0.1, -0.05) is 13.3 Å². The van der Waals surface area contributed by atoms with E-state index in [-0.39, 0.29) is 29.4 Å². The molecule has 0 unspecified atom stereocenters. The second-order valence-electron chi connectivity index (χ2n) is 8.72. The predicted molar refractivity (Wildman–Crippen MR) is 141 cm³/mol. The highest BCUT2D eigenvalue weighted by Crippen LogP contribution is 2.34. The minimum absolute atomic E-state index is 0.0886. The largest absolute Gasteiger partial charge is 0.493 e. The van der Waals surface area contributed by atoms with E-state index in [1.807, 2.05) is 11.8 Å². The Hall–Kier alpha value is -2.28. The van der Waals surface area contributed by atoms with Crippen molar-refractivity contribution in [2.75, 3.05) is 46.0 Å². The van der Waals surface area contributed by atoms with Crippen LogP contribution in [0, 0.1) is 0 Å². The third kappa shape index (κ3) is 4.96. The molecule has 1 N–H and O–H groups in total. The number of aryl methyl sites for hydroxylation is 2. The molecule has 1 saturated heterocycles. The Balaban J connectivity index is 1.80. The van der Waals surface area contributed by atoms with Gasteiger partial charge in [-0.05, 0) is 47.5 Å². The minimum atomic E-state index is -3.81. The molecule has 1 fully saturated rings. The van der Waals surface area contributed by atoms with E-state index in [2.05, 4.69) is 27.8 Å². The Kier molecular flexibility index (Phi) is 8.18. The Morgan fingerprint density at radius 3 is 2.56 bits per heavy atom. The Labute approximate surface area is 218 Å². The van der Waals surface area contributed by atoms with Gasteiger partial charge in [0.25, 0.3) is 5.56 Å². The van der Waals surface area contributed by atoms with Crippen LogP contribution in [0.3, 0.4) is 0 Å². The molecule has 36 heavy (non-hydrogen) atoms. The number of aromatic nitrogens is 3. The first-order valence-corrected chi connectivity index (χ1v) is 14.3. The fourth-order valence-corrected chi connectivity index (χ4v) is 6.60. The number of ether oxygens (including phenoxy) is 1. The first-order valence-electron chi connectivity index (χ1n) is 12.1. The molecule has 12 heteroatoms. The molecule has 1 aromatic carbocycles. The van der Waals surface area contributed by atoms with Gasteiger partial charge >= 0.3 is 0 Å². The van der Waals surface area contributed by atoms with Crippen LogP contribution in [0.4, 0.5) is 4.39 Å². The number of H-pyrrole nitrogens is 1. The van der Waals surface area contributed by atoms with Crippen molar-refractivity contribution < 1.29 is 17.5 Å². The lowest BCUT2D eigenvalue weighted by atomic mass is 10.1. The number of aromatic amines is 1. The Bertz CT molecular complexity index is 1410. The van der Waals surface area contributed by atoms with Crippen molar-refractivity contribution in [1.82, 2.24) is 23.7 Å². The second-order valence-corrected chi connectivity index (χ2v) is 11.4. The molecule has 0 radical (unpaired) electrons. The molecule has 9 nitrogen and oxygen atoms in total. The molecule has 4 rings (SSSR count). The number of halogens is 2. The van der Waals surface area contributed by atoms with Gasteiger partial charge in [-0.3, -0.25) is 9.69 Å². The average Bonchev–Trinajstić information content (AvgIpc) is 3.10. The molecule has 0 atom stereocenters. The number of benzene rings is 1. The Morgan fingerprint density at radius 2 is 1.92 bits per heavy atom. The predicted octanol–water partition coefficient (Wildman–Crippen LogP) is 3.32. The number of alkyl halides is 1. The molecule has 1 aliphatic rings. The molecule has 3 heterocycles. The van der Waals surface area contributed by atoms with Gasteiger partial charge in [0, 0.05) is 45.3 Å². The highest BCUT2D eigenvalue weighted by atomic mass is 79.9. The standard InChI is InChI=1S/C24H31BrFN5O4S/c1-4-6-17-20-21(29(3)22(17)25)24(32)28-23(27-20)18-15-16(7-8-19(18)35-5-2)36(33,34)31-13-11-30(10-9-26)12-14-31/h7-8,15H,4-6,9-14H2,1-3H3,(H,27,28,32). The maximum Gasteiger partial charge on any atom is 0.275 e. The third-order valence-electron chi connectivity index (χ3n) is 6.44. The molecule has 1 aliphatic heterocycles. The lowest BCUT2D eigenvalue weighted by Crippen LogP contribution is -2.49. The van der Waals surface area contributed by atoms with E-state index < -0.39 is 16.7 Å². The molecule has 3 aromatic rings. The van der Waals surface area contributed by atoms with Crippen molar-refractivity contribution in [3.63, 3.8) is 0 Å². The number of piperazine rings is 1. The van der Waals surface area contributed by atoms with Crippen molar-refractivity contribution in [3.05, 3.63) is 38.7 Å². The smallest absolute Gasteiger partial charge is 0.275 e. The van der Waals surface area contributed by atoms with E-state index >= 15 is 0 Å². The first kappa shape index (κ1) is 26.8.